The normalized spacial score (nSPS) is 21.0. The molecular formula is C16H11F2N3O3S. The molecule has 0 aliphatic carbocycles. The van der Waals surface area contributed by atoms with E-state index in [2.05, 4.69) is 19.8 Å². The molecule has 0 bridgehead atoms. The van der Waals surface area contributed by atoms with Crippen LogP contribution in [0.5, 0.6) is 11.5 Å². The first-order valence-electron chi connectivity index (χ1n) is 7.61. The van der Waals surface area contributed by atoms with Gasteiger partial charge in [0.1, 0.15) is 0 Å². The Balaban J connectivity index is 1.65. The van der Waals surface area contributed by atoms with E-state index in [1.54, 1.807) is 6.07 Å². The average molecular weight is 363 g/mol. The Labute approximate surface area is 144 Å². The van der Waals surface area contributed by atoms with Crippen molar-refractivity contribution in [3.8, 4) is 11.5 Å². The Morgan fingerprint density at radius 2 is 2.16 bits per heavy atom. The van der Waals surface area contributed by atoms with Gasteiger partial charge in [-0.25, -0.2) is 4.98 Å². The van der Waals surface area contributed by atoms with Gasteiger partial charge in [0.25, 0.3) is 0 Å². The summed E-state index contributed by atoms with van der Waals surface area (Å²) in [6, 6.07) is 4.64. The second kappa shape index (κ2) is 4.92. The SMILES string of the molecule is O=C1C[C@@H](c2ccc3c(c2)OC(F)(F)O3)c2c(nc3sccn23)CN1. The summed E-state index contributed by atoms with van der Waals surface area (Å²) in [6.07, 6.45) is -1.56. The molecule has 0 saturated heterocycles. The summed E-state index contributed by atoms with van der Waals surface area (Å²) in [5.74, 6) is -0.471. The van der Waals surface area contributed by atoms with Crippen molar-refractivity contribution in [2.24, 2.45) is 0 Å². The fourth-order valence-corrected chi connectivity index (χ4v) is 4.08. The van der Waals surface area contributed by atoms with Gasteiger partial charge in [-0.15, -0.1) is 20.1 Å². The lowest BCUT2D eigenvalue weighted by atomic mass is 9.91. The first kappa shape index (κ1) is 14.6. The smallest absolute Gasteiger partial charge is 0.395 e. The first-order valence-corrected chi connectivity index (χ1v) is 8.49. The van der Waals surface area contributed by atoms with Crippen LogP contribution in [0.1, 0.15) is 29.3 Å². The molecule has 5 rings (SSSR count). The topological polar surface area (TPSA) is 64.9 Å². The van der Waals surface area contributed by atoms with Gasteiger partial charge in [0.15, 0.2) is 16.5 Å². The molecule has 0 radical (unpaired) electrons. The summed E-state index contributed by atoms with van der Waals surface area (Å²) in [5.41, 5.74) is 2.37. The molecule has 2 aliphatic heterocycles. The van der Waals surface area contributed by atoms with Gasteiger partial charge < -0.3 is 14.8 Å². The minimum Gasteiger partial charge on any atom is -0.395 e. The van der Waals surface area contributed by atoms with E-state index in [0.717, 1.165) is 16.3 Å². The van der Waals surface area contributed by atoms with Gasteiger partial charge >= 0.3 is 6.29 Å². The summed E-state index contributed by atoms with van der Waals surface area (Å²) in [5, 5.41) is 4.75. The second-order valence-electron chi connectivity index (χ2n) is 5.91. The highest BCUT2D eigenvalue weighted by atomic mass is 32.1. The zero-order chi connectivity index (χ0) is 17.2. The highest BCUT2D eigenvalue weighted by Gasteiger charge is 2.43. The number of alkyl halides is 2. The molecular weight excluding hydrogens is 352 g/mol. The monoisotopic (exact) mass is 363 g/mol. The molecule has 0 saturated carbocycles. The molecule has 2 aliphatic rings. The van der Waals surface area contributed by atoms with Crippen molar-refractivity contribution < 1.29 is 23.0 Å². The minimum atomic E-state index is -3.66. The van der Waals surface area contributed by atoms with Crippen LogP contribution in [0, 0.1) is 0 Å². The minimum absolute atomic E-state index is 0.0130. The van der Waals surface area contributed by atoms with E-state index in [1.807, 2.05) is 16.0 Å². The number of rotatable bonds is 1. The van der Waals surface area contributed by atoms with Gasteiger partial charge in [-0.05, 0) is 17.7 Å². The van der Waals surface area contributed by atoms with Crippen LogP contribution in [0.15, 0.2) is 29.8 Å². The molecule has 3 aromatic rings. The highest BCUT2D eigenvalue weighted by molar-refractivity contribution is 7.15. The van der Waals surface area contributed by atoms with E-state index < -0.39 is 6.29 Å². The third-order valence-corrected chi connectivity index (χ3v) is 5.13. The fourth-order valence-electron chi connectivity index (χ4n) is 3.34. The van der Waals surface area contributed by atoms with E-state index in [0.29, 0.717) is 12.1 Å². The molecule has 0 fully saturated rings. The van der Waals surface area contributed by atoms with Crippen LogP contribution in [0.25, 0.3) is 4.96 Å². The Morgan fingerprint density at radius 3 is 3.04 bits per heavy atom. The van der Waals surface area contributed by atoms with Crippen molar-refractivity contribution in [2.75, 3.05) is 0 Å². The molecule has 2 aromatic heterocycles. The van der Waals surface area contributed by atoms with Gasteiger partial charge in [-0.2, -0.15) is 0 Å². The van der Waals surface area contributed by atoms with E-state index in [1.165, 1.54) is 23.5 Å². The summed E-state index contributed by atoms with van der Waals surface area (Å²) >= 11 is 1.50. The quantitative estimate of drug-likeness (QED) is 0.722. The molecule has 0 unspecified atom stereocenters. The van der Waals surface area contributed by atoms with Crippen LogP contribution in [0.3, 0.4) is 0 Å². The Kier molecular flexibility index (Phi) is 2.88. The van der Waals surface area contributed by atoms with Crippen molar-refractivity contribution in [3.05, 3.63) is 46.7 Å². The van der Waals surface area contributed by atoms with Crippen LogP contribution in [0.4, 0.5) is 8.78 Å². The summed E-state index contributed by atoms with van der Waals surface area (Å²) in [4.78, 5) is 17.5. The van der Waals surface area contributed by atoms with Crippen LogP contribution < -0.4 is 14.8 Å². The second-order valence-corrected chi connectivity index (χ2v) is 6.78. The number of hydrogen-bond donors (Lipinski definition) is 1. The molecule has 6 nitrogen and oxygen atoms in total. The molecule has 0 spiro atoms. The van der Waals surface area contributed by atoms with Gasteiger partial charge in [-0.1, -0.05) is 6.07 Å². The van der Waals surface area contributed by atoms with Crippen LogP contribution in [-0.2, 0) is 11.3 Å². The van der Waals surface area contributed by atoms with Gasteiger partial charge in [0.2, 0.25) is 5.91 Å². The maximum atomic E-state index is 13.3. The number of ether oxygens (including phenoxy) is 2. The Bertz CT molecular complexity index is 1010. The number of nitrogens with one attached hydrogen (secondary N) is 1. The molecule has 4 heterocycles. The molecule has 1 aromatic carbocycles. The third kappa shape index (κ3) is 2.26. The number of benzene rings is 1. The lowest BCUT2D eigenvalue weighted by Crippen LogP contribution is -2.25. The summed E-state index contributed by atoms with van der Waals surface area (Å²) < 4.78 is 37.5. The number of carbonyl (C=O) groups is 1. The predicted octanol–water partition coefficient (Wildman–Crippen LogP) is 2.87. The van der Waals surface area contributed by atoms with E-state index >= 15 is 0 Å². The van der Waals surface area contributed by atoms with Gasteiger partial charge in [0, 0.05) is 23.9 Å². The number of halogens is 2. The van der Waals surface area contributed by atoms with Crippen LogP contribution in [0.2, 0.25) is 0 Å². The number of amides is 1. The van der Waals surface area contributed by atoms with Crippen molar-refractivity contribution >= 4 is 22.2 Å². The van der Waals surface area contributed by atoms with Crippen molar-refractivity contribution in [1.82, 2.24) is 14.7 Å². The van der Waals surface area contributed by atoms with Gasteiger partial charge in [0.05, 0.1) is 17.9 Å². The highest BCUT2D eigenvalue weighted by Crippen LogP contribution is 2.44. The lowest BCUT2D eigenvalue weighted by molar-refractivity contribution is -0.286. The Morgan fingerprint density at radius 1 is 1.32 bits per heavy atom. The molecule has 1 amide bonds. The summed E-state index contributed by atoms with van der Waals surface area (Å²) in [6.45, 7) is 0.349. The maximum absolute atomic E-state index is 13.3. The molecule has 1 atom stereocenters. The third-order valence-electron chi connectivity index (χ3n) is 4.38. The maximum Gasteiger partial charge on any atom is 0.586 e. The number of hydrogen-bond acceptors (Lipinski definition) is 5. The zero-order valence-electron chi connectivity index (χ0n) is 12.7. The number of imidazole rings is 1. The summed E-state index contributed by atoms with van der Waals surface area (Å²) in [7, 11) is 0. The van der Waals surface area contributed by atoms with Crippen LogP contribution >= 0.6 is 11.3 Å². The number of fused-ring (bicyclic) bond motifs is 4. The molecule has 128 valence electrons. The lowest BCUT2D eigenvalue weighted by Gasteiger charge is -2.15. The average Bonchev–Trinajstić information content (AvgIpc) is 3.17. The number of nitrogens with zero attached hydrogens (tertiary/aromatic N) is 2. The standard InChI is InChI=1S/C16H11F2N3O3S/c17-16(18)23-11-2-1-8(5-12(11)24-16)9-6-13(22)19-7-10-14(9)21-3-4-25-15(21)20-10/h1-5,9H,6-7H2,(H,19,22)/t9-/m0/s1. The zero-order valence-corrected chi connectivity index (χ0v) is 13.5. The first-order chi connectivity index (χ1) is 12.0. The van der Waals surface area contributed by atoms with Crippen LogP contribution in [-0.4, -0.2) is 21.6 Å². The molecule has 25 heavy (non-hydrogen) atoms. The number of aromatic nitrogens is 2. The Hall–Kier alpha value is -2.68. The van der Waals surface area contributed by atoms with E-state index in [-0.39, 0.29) is 29.7 Å². The van der Waals surface area contributed by atoms with E-state index in [9.17, 15) is 13.6 Å². The predicted molar refractivity (Wildman–Crippen MR) is 84.0 cm³/mol. The number of carbonyl (C=O) groups excluding carboxylic acids is 1. The van der Waals surface area contributed by atoms with Crippen molar-refractivity contribution in [1.29, 1.82) is 0 Å². The number of thiazole rings is 1. The van der Waals surface area contributed by atoms with E-state index in [4.69, 9.17) is 0 Å². The van der Waals surface area contributed by atoms with Crippen molar-refractivity contribution in [3.63, 3.8) is 0 Å². The van der Waals surface area contributed by atoms with Gasteiger partial charge in [-0.3, -0.25) is 9.20 Å². The molecule has 1 N–H and O–H groups in total. The molecule has 9 heteroatoms. The fraction of sp³-hybridized carbons (Fsp3) is 0.250. The largest absolute Gasteiger partial charge is 0.586 e. The van der Waals surface area contributed by atoms with Crippen molar-refractivity contribution in [2.45, 2.75) is 25.2 Å².